The summed E-state index contributed by atoms with van der Waals surface area (Å²) in [6, 6.07) is 6.26. The molecule has 7 heteroatoms. The topological polar surface area (TPSA) is 90.5 Å². The molecule has 2 aromatic rings. The molecule has 0 fully saturated rings. The van der Waals surface area contributed by atoms with Gasteiger partial charge in [0.2, 0.25) is 5.91 Å². The summed E-state index contributed by atoms with van der Waals surface area (Å²) in [5, 5.41) is 10.3. The summed E-state index contributed by atoms with van der Waals surface area (Å²) in [5.74, 6) is 0.519. The average Bonchev–Trinajstić information content (AvgIpc) is 3.02. The molecule has 1 amide bonds. The predicted octanol–water partition coefficient (Wildman–Crippen LogP) is 0.946. The lowest BCUT2D eigenvalue weighted by atomic mass is 10.1. The second-order valence-corrected chi connectivity index (χ2v) is 5.76. The number of nitrogens with zero attached hydrogens (tertiary/aromatic N) is 1. The number of nitrogens with one attached hydrogen (secondary N) is 4. The van der Waals surface area contributed by atoms with Crippen LogP contribution in [-0.4, -0.2) is 57.2 Å². The van der Waals surface area contributed by atoms with Crippen LogP contribution in [0.3, 0.4) is 0 Å². The number of amides is 1. The minimum Gasteiger partial charge on any atom is -0.383 e. The first-order valence-electron chi connectivity index (χ1n) is 8.41. The summed E-state index contributed by atoms with van der Waals surface area (Å²) >= 11 is 0. The Morgan fingerprint density at radius 3 is 2.84 bits per heavy atom. The molecule has 2 rings (SSSR count). The van der Waals surface area contributed by atoms with Crippen molar-refractivity contribution in [3.8, 4) is 0 Å². The van der Waals surface area contributed by atoms with E-state index >= 15 is 0 Å². The number of benzene rings is 1. The highest BCUT2D eigenvalue weighted by Gasteiger charge is 2.07. The molecule has 0 saturated carbocycles. The van der Waals surface area contributed by atoms with E-state index in [0.717, 1.165) is 18.5 Å². The standard InChI is InChI=1S/C18H27N5O2/c1-13-5-4-6-15-17(13)14(11-22-15)7-8-21-18(19-2)23-12-16(24)20-9-10-25-3/h4-6,11,22H,7-10,12H2,1-3H3,(H,20,24)(H2,19,21,23). The molecule has 0 atom stereocenters. The van der Waals surface area contributed by atoms with Gasteiger partial charge in [-0.2, -0.15) is 0 Å². The molecule has 4 N–H and O–H groups in total. The number of hydrogen-bond acceptors (Lipinski definition) is 3. The fourth-order valence-corrected chi connectivity index (χ4v) is 2.70. The van der Waals surface area contributed by atoms with E-state index < -0.39 is 0 Å². The van der Waals surface area contributed by atoms with E-state index in [9.17, 15) is 4.79 Å². The Hall–Kier alpha value is -2.54. The minimum absolute atomic E-state index is 0.0905. The molecule has 1 aromatic heterocycles. The first-order valence-corrected chi connectivity index (χ1v) is 8.41. The van der Waals surface area contributed by atoms with Gasteiger partial charge in [-0.3, -0.25) is 9.79 Å². The maximum absolute atomic E-state index is 11.7. The lowest BCUT2D eigenvalue weighted by Gasteiger charge is -2.12. The quantitative estimate of drug-likeness (QED) is 0.326. The van der Waals surface area contributed by atoms with E-state index in [4.69, 9.17) is 4.74 Å². The van der Waals surface area contributed by atoms with Crippen molar-refractivity contribution in [1.82, 2.24) is 20.9 Å². The van der Waals surface area contributed by atoms with Crippen LogP contribution >= 0.6 is 0 Å². The number of guanidine groups is 1. The first-order chi connectivity index (χ1) is 12.2. The van der Waals surface area contributed by atoms with Crippen LogP contribution in [0.1, 0.15) is 11.1 Å². The van der Waals surface area contributed by atoms with Crippen LogP contribution in [0, 0.1) is 6.92 Å². The molecule has 0 aliphatic heterocycles. The lowest BCUT2D eigenvalue weighted by molar-refractivity contribution is -0.120. The summed E-state index contributed by atoms with van der Waals surface area (Å²) in [6.45, 7) is 4.03. The number of fused-ring (bicyclic) bond motifs is 1. The van der Waals surface area contributed by atoms with E-state index in [2.05, 4.69) is 57.2 Å². The number of aromatic amines is 1. The number of rotatable bonds is 8. The molecule has 0 saturated heterocycles. The Bertz CT molecular complexity index is 723. The van der Waals surface area contributed by atoms with Gasteiger partial charge in [0.25, 0.3) is 0 Å². The van der Waals surface area contributed by atoms with Crippen LogP contribution in [0.5, 0.6) is 0 Å². The van der Waals surface area contributed by atoms with Crippen molar-refractivity contribution in [2.24, 2.45) is 4.99 Å². The third-order valence-corrected chi connectivity index (χ3v) is 3.95. The van der Waals surface area contributed by atoms with Gasteiger partial charge in [-0.25, -0.2) is 0 Å². The molecule has 0 bridgehead atoms. The Morgan fingerprint density at radius 2 is 2.08 bits per heavy atom. The van der Waals surface area contributed by atoms with Gasteiger partial charge in [0, 0.05) is 44.3 Å². The highest BCUT2D eigenvalue weighted by atomic mass is 16.5. The second-order valence-electron chi connectivity index (χ2n) is 5.76. The Balaban J connectivity index is 1.78. The molecule has 1 aromatic carbocycles. The third-order valence-electron chi connectivity index (χ3n) is 3.95. The molecular formula is C18H27N5O2. The monoisotopic (exact) mass is 345 g/mol. The number of aromatic nitrogens is 1. The summed E-state index contributed by atoms with van der Waals surface area (Å²) in [4.78, 5) is 19.1. The van der Waals surface area contributed by atoms with Crippen molar-refractivity contribution in [2.45, 2.75) is 13.3 Å². The van der Waals surface area contributed by atoms with Crippen LogP contribution < -0.4 is 16.0 Å². The highest BCUT2D eigenvalue weighted by Crippen LogP contribution is 2.22. The minimum atomic E-state index is -0.0905. The number of carbonyl (C=O) groups excluding carboxylic acids is 1. The van der Waals surface area contributed by atoms with Gasteiger partial charge < -0.3 is 25.7 Å². The maximum Gasteiger partial charge on any atom is 0.239 e. The Morgan fingerprint density at radius 1 is 1.24 bits per heavy atom. The molecule has 25 heavy (non-hydrogen) atoms. The van der Waals surface area contributed by atoms with E-state index in [1.165, 1.54) is 16.5 Å². The van der Waals surface area contributed by atoms with Crippen LogP contribution in [0.25, 0.3) is 10.9 Å². The number of carbonyl (C=O) groups is 1. The van der Waals surface area contributed by atoms with Crippen LogP contribution in [0.2, 0.25) is 0 Å². The Kier molecular flexibility index (Phi) is 7.28. The molecule has 0 unspecified atom stereocenters. The molecular weight excluding hydrogens is 318 g/mol. The van der Waals surface area contributed by atoms with E-state index in [1.54, 1.807) is 14.2 Å². The van der Waals surface area contributed by atoms with Crippen molar-refractivity contribution in [2.75, 3.05) is 40.4 Å². The normalized spacial score (nSPS) is 11.6. The van der Waals surface area contributed by atoms with E-state index in [1.807, 2.05) is 0 Å². The molecule has 0 aliphatic carbocycles. The number of aliphatic imine (C=N–C) groups is 1. The third kappa shape index (κ3) is 5.49. The van der Waals surface area contributed by atoms with Crippen molar-refractivity contribution < 1.29 is 9.53 Å². The molecule has 0 spiro atoms. The number of methoxy groups -OCH3 is 1. The van der Waals surface area contributed by atoms with E-state index in [0.29, 0.717) is 19.1 Å². The lowest BCUT2D eigenvalue weighted by Crippen LogP contribution is -2.44. The first kappa shape index (κ1) is 18.8. The zero-order valence-electron chi connectivity index (χ0n) is 15.1. The smallest absolute Gasteiger partial charge is 0.239 e. The van der Waals surface area contributed by atoms with Gasteiger partial charge in [0.05, 0.1) is 13.2 Å². The SMILES string of the molecule is CN=C(NCCc1c[nH]c2cccc(C)c12)NCC(=O)NCCOC. The molecule has 7 nitrogen and oxygen atoms in total. The number of aryl methyl sites for hydroxylation is 1. The van der Waals surface area contributed by atoms with Crippen molar-refractivity contribution in [3.63, 3.8) is 0 Å². The van der Waals surface area contributed by atoms with E-state index in [-0.39, 0.29) is 12.5 Å². The predicted molar refractivity (Wildman–Crippen MR) is 101 cm³/mol. The van der Waals surface area contributed by atoms with Gasteiger partial charge in [-0.15, -0.1) is 0 Å². The Labute approximate surface area is 148 Å². The maximum atomic E-state index is 11.7. The van der Waals surface area contributed by atoms with Gasteiger partial charge in [0.15, 0.2) is 5.96 Å². The molecule has 0 aliphatic rings. The van der Waals surface area contributed by atoms with Crippen molar-refractivity contribution >= 4 is 22.8 Å². The zero-order chi connectivity index (χ0) is 18.1. The van der Waals surface area contributed by atoms with Gasteiger partial charge >= 0.3 is 0 Å². The van der Waals surface area contributed by atoms with Crippen LogP contribution in [-0.2, 0) is 16.0 Å². The van der Waals surface area contributed by atoms with Crippen LogP contribution in [0.15, 0.2) is 29.4 Å². The fraction of sp³-hybridized carbons (Fsp3) is 0.444. The van der Waals surface area contributed by atoms with Gasteiger partial charge in [0.1, 0.15) is 0 Å². The molecule has 136 valence electrons. The number of H-pyrrole nitrogens is 1. The van der Waals surface area contributed by atoms with Gasteiger partial charge in [-0.05, 0) is 30.5 Å². The number of ether oxygens (including phenoxy) is 1. The van der Waals surface area contributed by atoms with Gasteiger partial charge in [-0.1, -0.05) is 12.1 Å². The van der Waals surface area contributed by atoms with Crippen molar-refractivity contribution in [1.29, 1.82) is 0 Å². The van der Waals surface area contributed by atoms with Crippen LogP contribution in [0.4, 0.5) is 0 Å². The molecule has 0 radical (unpaired) electrons. The van der Waals surface area contributed by atoms with Crippen molar-refractivity contribution in [3.05, 3.63) is 35.5 Å². The zero-order valence-corrected chi connectivity index (χ0v) is 15.1. The number of hydrogen-bond donors (Lipinski definition) is 4. The summed E-state index contributed by atoms with van der Waals surface area (Å²) in [5.41, 5.74) is 3.70. The summed E-state index contributed by atoms with van der Waals surface area (Å²) < 4.78 is 4.89. The summed E-state index contributed by atoms with van der Waals surface area (Å²) in [7, 11) is 3.29. The highest BCUT2D eigenvalue weighted by molar-refractivity contribution is 5.87. The second kappa shape index (κ2) is 9.68. The largest absolute Gasteiger partial charge is 0.383 e. The summed E-state index contributed by atoms with van der Waals surface area (Å²) in [6.07, 6.45) is 2.92. The average molecular weight is 345 g/mol. The fourth-order valence-electron chi connectivity index (χ4n) is 2.70. The molecule has 1 heterocycles.